The first-order valence-electron chi connectivity index (χ1n) is 8.54. The third-order valence-electron chi connectivity index (χ3n) is 4.75. The van der Waals surface area contributed by atoms with Gasteiger partial charge in [-0.2, -0.15) is 0 Å². The first-order valence-corrected chi connectivity index (χ1v) is 8.54. The van der Waals surface area contributed by atoms with Gasteiger partial charge in [0.25, 0.3) is 0 Å². The lowest BCUT2D eigenvalue weighted by atomic mass is 9.91. The van der Waals surface area contributed by atoms with E-state index in [1.165, 1.54) is 0 Å². The fraction of sp³-hybridized carbons (Fsp3) is 0.130. The summed E-state index contributed by atoms with van der Waals surface area (Å²) in [6.45, 7) is 5.86. The molecule has 1 aromatic heterocycles. The Morgan fingerprint density at radius 3 is 2.23 bits per heavy atom. The number of hydrogen-bond donors (Lipinski definition) is 0. The summed E-state index contributed by atoms with van der Waals surface area (Å²) >= 11 is 0. The van der Waals surface area contributed by atoms with E-state index in [-0.39, 0.29) is 11.2 Å². The molecule has 0 aliphatic rings. The van der Waals surface area contributed by atoms with Crippen molar-refractivity contribution in [1.82, 2.24) is 0 Å². The second-order valence-electron chi connectivity index (χ2n) is 6.71. The van der Waals surface area contributed by atoms with Crippen molar-refractivity contribution in [1.29, 1.82) is 0 Å². The standard InChI is InChI=1S/C23H18O3/c1-13-11-14(2)20(15(3)12-13)23(25)17-8-6-10-19-21(17)22(24)16-7-4-5-9-18(16)26-19/h4-12H,1-3H3. The summed E-state index contributed by atoms with van der Waals surface area (Å²) in [6, 6.07) is 16.3. The van der Waals surface area contributed by atoms with Gasteiger partial charge in [-0.15, -0.1) is 0 Å². The summed E-state index contributed by atoms with van der Waals surface area (Å²) in [5.41, 5.74) is 4.75. The zero-order chi connectivity index (χ0) is 18.4. The van der Waals surface area contributed by atoms with Crippen molar-refractivity contribution in [2.24, 2.45) is 0 Å². The number of rotatable bonds is 2. The number of carbonyl (C=O) groups is 1. The first-order chi connectivity index (χ1) is 12.5. The molecule has 0 atom stereocenters. The minimum absolute atomic E-state index is 0.145. The topological polar surface area (TPSA) is 47.3 Å². The van der Waals surface area contributed by atoms with Gasteiger partial charge in [0.2, 0.25) is 5.43 Å². The van der Waals surface area contributed by atoms with E-state index in [4.69, 9.17) is 4.42 Å². The van der Waals surface area contributed by atoms with Gasteiger partial charge in [0, 0.05) is 11.1 Å². The van der Waals surface area contributed by atoms with Crippen LogP contribution < -0.4 is 5.43 Å². The van der Waals surface area contributed by atoms with Gasteiger partial charge in [-0.3, -0.25) is 9.59 Å². The highest BCUT2D eigenvalue weighted by atomic mass is 16.3. The number of hydrogen-bond acceptors (Lipinski definition) is 3. The van der Waals surface area contributed by atoms with Crippen LogP contribution in [0.3, 0.4) is 0 Å². The van der Waals surface area contributed by atoms with Gasteiger partial charge in [-0.05, 0) is 50.1 Å². The zero-order valence-corrected chi connectivity index (χ0v) is 14.9. The Morgan fingerprint density at radius 2 is 1.50 bits per heavy atom. The van der Waals surface area contributed by atoms with E-state index < -0.39 is 0 Å². The van der Waals surface area contributed by atoms with Crippen LogP contribution in [0.15, 0.2) is 63.8 Å². The summed E-state index contributed by atoms with van der Waals surface area (Å²) in [5.74, 6) is -0.145. The van der Waals surface area contributed by atoms with Crippen LogP contribution in [-0.4, -0.2) is 5.78 Å². The third kappa shape index (κ3) is 2.44. The molecule has 0 aliphatic heterocycles. The maximum Gasteiger partial charge on any atom is 0.201 e. The molecule has 0 amide bonds. The van der Waals surface area contributed by atoms with Crippen LogP contribution in [0.1, 0.15) is 32.6 Å². The summed E-state index contributed by atoms with van der Waals surface area (Å²) in [6.07, 6.45) is 0. The molecule has 0 bridgehead atoms. The second kappa shape index (κ2) is 5.95. The smallest absolute Gasteiger partial charge is 0.201 e. The Labute approximate surface area is 150 Å². The molecule has 0 saturated heterocycles. The van der Waals surface area contributed by atoms with Crippen molar-refractivity contribution in [2.45, 2.75) is 20.8 Å². The number of para-hydroxylation sites is 1. The van der Waals surface area contributed by atoms with Crippen molar-refractivity contribution in [2.75, 3.05) is 0 Å². The molecule has 3 heteroatoms. The second-order valence-corrected chi connectivity index (χ2v) is 6.71. The van der Waals surface area contributed by atoms with E-state index in [2.05, 4.69) is 0 Å². The van der Waals surface area contributed by atoms with E-state index >= 15 is 0 Å². The first kappa shape index (κ1) is 16.3. The lowest BCUT2D eigenvalue weighted by molar-refractivity contribution is 0.103. The van der Waals surface area contributed by atoms with E-state index in [0.29, 0.717) is 33.1 Å². The van der Waals surface area contributed by atoms with Gasteiger partial charge in [0.15, 0.2) is 5.78 Å². The van der Waals surface area contributed by atoms with E-state index in [1.54, 1.807) is 36.4 Å². The van der Waals surface area contributed by atoms with E-state index in [0.717, 1.165) is 16.7 Å². The molecule has 0 radical (unpaired) electrons. The third-order valence-corrected chi connectivity index (χ3v) is 4.75. The van der Waals surface area contributed by atoms with Crippen LogP contribution in [-0.2, 0) is 0 Å². The highest BCUT2D eigenvalue weighted by Gasteiger charge is 2.20. The monoisotopic (exact) mass is 342 g/mol. The van der Waals surface area contributed by atoms with Gasteiger partial charge in [-0.25, -0.2) is 0 Å². The van der Waals surface area contributed by atoms with Gasteiger partial charge in [0.1, 0.15) is 11.2 Å². The highest BCUT2D eigenvalue weighted by molar-refractivity contribution is 6.17. The average Bonchev–Trinajstić information content (AvgIpc) is 2.60. The Hall–Kier alpha value is -3.20. The molecule has 1 heterocycles. The molecule has 3 aromatic carbocycles. The fourth-order valence-electron chi connectivity index (χ4n) is 3.71. The van der Waals surface area contributed by atoms with Crippen molar-refractivity contribution in [3.05, 3.63) is 92.6 Å². The van der Waals surface area contributed by atoms with E-state index in [9.17, 15) is 9.59 Å². The number of aryl methyl sites for hydroxylation is 3. The quantitative estimate of drug-likeness (QED) is 0.376. The summed E-state index contributed by atoms with van der Waals surface area (Å²) in [4.78, 5) is 26.4. The van der Waals surface area contributed by atoms with Crippen molar-refractivity contribution >= 4 is 27.7 Å². The lowest BCUT2D eigenvalue weighted by Crippen LogP contribution is -2.12. The maximum atomic E-state index is 13.3. The molecule has 3 nitrogen and oxygen atoms in total. The number of carbonyl (C=O) groups excluding carboxylic acids is 1. The fourth-order valence-corrected chi connectivity index (χ4v) is 3.71. The van der Waals surface area contributed by atoms with Crippen molar-refractivity contribution in [3.8, 4) is 0 Å². The molecule has 0 N–H and O–H groups in total. The Morgan fingerprint density at radius 1 is 0.846 bits per heavy atom. The van der Waals surface area contributed by atoms with Gasteiger partial charge < -0.3 is 4.42 Å². The van der Waals surface area contributed by atoms with Crippen LogP contribution in [0.5, 0.6) is 0 Å². The molecule has 0 fully saturated rings. The largest absolute Gasteiger partial charge is 0.456 e. The SMILES string of the molecule is Cc1cc(C)c(C(=O)c2cccc3oc4ccccc4c(=O)c23)c(C)c1. The summed E-state index contributed by atoms with van der Waals surface area (Å²) in [5, 5.41) is 0.827. The zero-order valence-electron chi connectivity index (χ0n) is 14.9. The lowest BCUT2D eigenvalue weighted by Gasteiger charge is -2.12. The highest BCUT2D eigenvalue weighted by Crippen LogP contribution is 2.26. The Bertz CT molecular complexity index is 1220. The molecular formula is C23H18O3. The molecule has 128 valence electrons. The number of benzene rings is 3. The van der Waals surface area contributed by atoms with Gasteiger partial charge in [-0.1, -0.05) is 42.0 Å². The van der Waals surface area contributed by atoms with Gasteiger partial charge >= 0.3 is 0 Å². The molecule has 4 aromatic rings. The minimum Gasteiger partial charge on any atom is -0.456 e. The average molecular weight is 342 g/mol. The van der Waals surface area contributed by atoms with Crippen LogP contribution in [0.2, 0.25) is 0 Å². The predicted octanol–water partition coefficient (Wildman–Crippen LogP) is 5.10. The Balaban J connectivity index is 2.05. The van der Waals surface area contributed by atoms with Crippen molar-refractivity contribution in [3.63, 3.8) is 0 Å². The normalized spacial score (nSPS) is 11.2. The van der Waals surface area contributed by atoms with Crippen LogP contribution in [0.4, 0.5) is 0 Å². The van der Waals surface area contributed by atoms with Gasteiger partial charge in [0.05, 0.1) is 10.8 Å². The number of fused-ring (bicyclic) bond motifs is 2. The molecule has 26 heavy (non-hydrogen) atoms. The molecule has 0 aliphatic carbocycles. The predicted molar refractivity (Wildman–Crippen MR) is 104 cm³/mol. The van der Waals surface area contributed by atoms with Crippen LogP contribution >= 0.6 is 0 Å². The summed E-state index contributed by atoms with van der Waals surface area (Å²) in [7, 11) is 0. The molecular weight excluding hydrogens is 324 g/mol. The minimum atomic E-state index is -0.173. The Kier molecular flexibility index (Phi) is 3.73. The van der Waals surface area contributed by atoms with Crippen LogP contribution in [0, 0.1) is 20.8 Å². The number of ketones is 1. The summed E-state index contributed by atoms with van der Waals surface area (Å²) < 4.78 is 5.88. The maximum absolute atomic E-state index is 13.3. The van der Waals surface area contributed by atoms with Crippen molar-refractivity contribution < 1.29 is 9.21 Å². The molecule has 4 rings (SSSR count). The van der Waals surface area contributed by atoms with E-state index in [1.807, 2.05) is 39.0 Å². The molecule has 0 spiro atoms. The molecule has 0 saturated carbocycles. The van der Waals surface area contributed by atoms with Crippen LogP contribution in [0.25, 0.3) is 21.9 Å². The molecule has 0 unspecified atom stereocenters.